The topological polar surface area (TPSA) is 38.3 Å². The maximum Gasteiger partial charge on any atom is 0.260 e. The van der Waals surface area contributed by atoms with Crippen molar-refractivity contribution >= 4 is 29.1 Å². The van der Waals surface area contributed by atoms with Gasteiger partial charge in [-0.3, -0.25) is 4.79 Å². The van der Waals surface area contributed by atoms with Crippen LogP contribution in [-0.4, -0.2) is 19.1 Å². The highest BCUT2D eigenvalue weighted by Gasteiger charge is 2.12. The second-order valence-corrected chi connectivity index (χ2v) is 3.85. The first-order valence-corrected chi connectivity index (χ1v) is 5.13. The highest BCUT2D eigenvalue weighted by molar-refractivity contribution is 6.34. The Kier molecular flexibility index (Phi) is 4.24. The fraction of sp³-hybridized carbons (Fsp3) is 0.300. The number of rotatable bonds is 3. The van der Waals surface area contributed by atoms with E-state index in [1.807, 2.05) is 0 Å². The largest absolute Gasteiger partial charge is 0.481 e. The van der Waals surface area contributed by atoms with Crippen molar-refractivity contribution < 1.29 is 9.53 Å². The van der Waals surface area contributed by atoms with Crippen LogP contribution >= 0.6 is 23.2 Å². The van der Waals surface area contributed by atoms with Crippen molar-refractivity contribution in [1.29, 1.82) is 0 Å². The molecule has 0 bridgehead atoms. The molecule has 0 heterocycles. The van der Waals surface area contributed by atoms with Crippen molar-refractivity contribution in [2.24, 2.45) is 0 Å². The van der Waals surface area contributed by atoms with E-state index in [9.17, 15) is 4.79 Å². The van der Waals surface area contributed by atoms with Crippen LogP contribution in [0.2, 0.25) is 10.0 Å². The van der Waals surface area contributed by atoms with Gasteiger partial charge in [0, 0.05) is 17.1 Å². The summed E-state index contributed by atoms with van der Waals surface area (Å²) in [4.78, 5) is 11.2. The Morgan fingerprint density at radius 3 is 2.33 bits per heavy atom. The van der Waals surface area contributed by atoms with Crippen LogP contribution in [0.4, 0.5) is 0 Å². The quantitative estimate of drug-likeness (QED) is 0.892. The molecule has 15 heavy (non-hydrogen) atoms. The first-order chi connectivity index (χ1) is 7.02. The predicted molar refractivity (Wildman–Crippen MR) is 60.6 cm³/mol. The molecule has 0 radical (unpaired) electrons. The Morgan fingerprint density at radius 1 is 1.33 bits per heavy atom. The van der Waals surface area contributed by atoms with E-state index in [1.165, 1.54) is 0 Å². The van der Waals surface area contributed by atoms with Gasteiger partial charge in [0.2, 0.25) is 0 Å². The number of carbonyl (C=O) groups is 1. The molecule has 0 fully saturated rings. The second-order valence-electron chi connectivity index (χ2n) is 2.98. The summed E-state index contributed by atoms with van der Waals surface area (Å²) in [5.74, 6) is 0.273. The van der Waals surface area contributed by atoms with Gasteiger partial charge in [0.05, 0.1) is 0 Å². The molecule has 1 amide bonds. The normalized spacial score (nSPS) is 12.0. The molecular formula is C10H11Cl2NO2. The number of nitrogens with one attached hydrogen (secondary N) is 1. The van der Waals surface area contributed by atoms with Crippen LogP contribution in [-0.2, 0) is 4.79 Å². The lowest BCUT2D eigenvalue weighted by atomic mass is 10.3. The number of hydrogen-bond donors (Lipinski definition) is 1. The zero-order chi connectivity index (χ0) is 11.4. The zero-order valence-corrected chi connectivity index (χ0v) is 9.89. The SMILES string of the molecule is CNC(=O)C(C)Oc1cc(Cl)cc(Cl)c1. The smallest absolute Gasteiger partial charge is 0.260 e. The summed E-state index contributed by atoms with van der Waals surface area (Å²) in [5, 5.41) is 3.43. The third-order valence-electron chi connectivity index (χ3n) is 1.76. The van der Waals surface area contributed by atoms with Crippen LogP contribution in [0.3, 0.4) is 0 Å². The summed E-state index contributed by atoms with van der Waals surface area (Å²) in [6.07, 6.45) is -0.579. The highest BCUT2D eigenvalue weighted by atomic mass is 35.5. The summed E-state index contributed by atoms with van der Waals surface area (Å²) >= 11 is 11.6. The van der Waals surface area contributed by atoms with Crippen molar-refractivity contribution in [1.82, 2.24) is 5.32 Å². The van der Waals surface area contributed by atoms with Gasteiger partial charge < -0.3 is 10.1 Å². The van der Waals surface area contributed by atoms with Crippen LogP contribution in [0, 0.1) is 0 Å². The number of ether oxygens (including phenoxy) is 1. The Morgan fingerprint density at radius 2 is 1.87 bits per heavy atom. The summed E-state index contributed by atoms with van der Waals surface area (Å²) < 4.78 is 5.35. The second kappa shape index (κ2) is 5.24. The van der Waals surface area contributed by atoms with E-state index < -0.39 is 6.10 Å². The number of likely N-dealkylation sites (N-methyl/N-ethyl adjacent to an activating group) is 1. The van der Waals surface area contributed by atoms with Crippen molar-refractivity contribution in [3.63, 3.8) is 0 Å². The molecule has 0 aliphatic carbocycles. The van der Waals surface area contributed by atoms with Gasteiger partial charge in [-0.2, -0.15) is 0 Å². The molecule has 0 aliphatic rings. The van der Waals surface area contributed by atoms with E-state index in [0.717, 1.165) is 0 Å². The van der Waals surface area contributed by atoms with Crippen molar-refractivity contribution in [2.75, 3.05) is 7.05 Å². The van der Waals surface area contributed by atoms with Gasteiger partial charge >= 0.3 is 0 Å². The maximum atomic E-state index is 11.2. The monoisotopic (exact) mass is 247 g/mol. The van der Waals surface area contributed by atoms with Crippen molar-refractivity contribution in [3.05, 3.63) is 28.2 Å². The van der Waals surface area contributed by atoms with Crippen molar-refractivity contribution in [2.45, 2.75) is 13.0 Å². The molecule has 1 N–H and O–H groups in total. The first-order valence-electron chi connectivity index (χ1n) is 4.37. The van der Waals surface area contributed by atoms with Crippen molar-refractivity contribution in [3.8, 4) is 5.75 Å². The lowest BCUT2D eigenvalue weighted by Gasteiger charge is -2.13. The van der Waals surface area contributed by atoms with Gasteiger partial charge in [-0.25, -0.2) is 0 Å². The van der Waals surface area contributed by atoms with E-state index in [1.54, 1.807) is 32.2 Å². The lowest BCUT2D eigenvalue weighted by molar-refractivity contribution is -0.126. The van der Waals surface area contributed by atoms with E-state index in [4.69, 9.17) is 27.9 Å². The highest BCUT2D eigenvalue weighted by Crippen LogP contribution is 2.24. The number of benzene rings is 1. The number of halogens is 2. The molecule has 0 spiro atoms. The van der Waals surface area contributed by atoms with E-state index >= 15 is 0 Å². The lowest BCUT2D eigenvalue weighted by Crippen LogP contribution is -2.33. The molecule has 1 aromatic carbocycles. The third kappa shape index (κ3) is 3.61. The van der Waals surface area contributed by atoms with Gasteiger partial charge in [0.1, 0.15) is 5.75 Å². The minimum absolute atomic E-state index is 0.203. The average Bonchev–Trinajstić information content (AvgIpc) is 2.14. The minimum Gasteiger partial charge on any atom is -0.481 e. The molecule has 82 valence electrons. The third-order valence-corrected chi connectivity index (χ3v) is 2.20. The Balaban J connectivity index is 2.76. The van der Waals surface area contributed by atoms with Gasteiger partial charge in [0.15, 0.2) is 6.10 Å². The molecule has 5 heteroatoms. The summed E-state index contributed by atoms with van der Waals surface area (Å²) in [6, 6.07) is 4.81. The molecule has 1 rings (SSSR count). The van der Waals surface area contributed by atoms with Gasteiger partial charge in [-0.1, -0.05) is 23.2 Å². The summed E-state index contributed by atoms with van der Waals surface area (Å²) in [7, 11) is 1.55. The standard InChI is InChI=1S/C10H11Cl2NO2/c1-6(10(14)13-2)15-9-4-7(11)3-8(12)5-9/h3-6H,1-2H3,(H,13,14). The molecule has 1 unspecified atom stereocenters. The molecular weight excluding hydrogens is 237 g/mol. The Hall–Kier alpha value is -0.930. The van der Waals surface area contributed by atoms with Crippen LogP contribution < -0.4 is 10.1 Å². The minimum atomic E-state index is -0.579. The van der Waals surface area contributed by atoms with Gasteiger partial charge in [-0.15, -0.1) is 0 Å². The fourth-order valence-corrected chi connectivity index (χ4v) is 1.56. The van der Waals surface area contributed by atoms with Gasteiger partial charge in [0.25, 0.3) is 5.91 Å². The molecule has 3 nitrogen and oxygen atoms in total. The fourth-order valence-electron chi connectivity index (χ4n) is 1.06. The summed E-state index contributed by atoms with van der Waals surface area (Å²) in [5.41, 5.74) is 0. The zero-order valence-electron chi connectivity index (χ0n) is 8.38. The van der Waals surface area contributed by atoms with Gasteiger partial charge in [-0.05, 0) is 25.1 Å². The first kappa shape index (κ1) is 12.1. The van der Waals surface area contributed by atoms with Crippen LogP contribution in [0.15, 0.2) is 18.2 Å². The summed E-state index contributed by atoms with van der Waals surface area (Å²) in [6.45, 7) is 1.65. The van der Waals surface area contributed by atoms with Crippen LogP contribution in [0.5, 0.6) is 5.75 Å². The maximum absolute atomic E-state index is 11.2. The number of amides is 1. The predicted octanol–water partition coefficient (Wildman–Crippen LogP) is 2.51. The molecule has 0 aliphatic heterocycles. The van der Waals surface area contributed by atoms with E-state index in [0.29, 0.717) is 15.8 Å². The number of carbonyl (C=O) groups excluding carboxylic acids is 1. The number of hydrogen-bond acceptors (Lipinski definition) is 2. The van der Waals surface area contributed by atoms with Crippen LogP contribution in [0.25, 0.3) is 0 Å². The molecule has 0 aromatic heterocycles. The Labute approximate surface area is 98.3 Å². The molecule has 0 saturated heterocycles. The van der Waals surface area contributed by atoms with E-state index in [-0.39, 0.29) is 5.91 Å². The Bertz CT molecular complexity index is 348. The molecule has 1 aromatic rings. The van der Waals surface area contributed by atoms with Crippen LogP contribution in [0.1, 0.15) is 6.92 Å². The molecule has 1 atom stereocenters. The molecule has 0 saturated carbocycles. The average molecular weight is 248 g/mol. The van der Waals surface area contributed by atoms with E-state index in [2.05, 4.69) is 5.32 Å².